The van der Waals surface area contributed by atoms with Gasteiger partial charge in [-0.3, -0.25) is 25.2 Å². The van der Waals surface area contributed by atoms with E-state index in [4.69, 9.17) is 5.11 Å². The number of likely N-dealkylation sites (tertiary alicyclic amines) is 1. The van der Waals surface area contributed by atoms with Gasteiger partial charge in [0, 0.05) is 43.6 Å². The third-order valence-electron chi connectivity index (χ3n) is 6.82. The number of nitrogens with zero attached hydrogens (tertiary/aromatic N) is 3. The van der Waals surface area contributed by atoms with Gasteiger partial charge in [0.25, 0.3) is 11.8 Å². The van der Waals surface area contributed by atoms with Crippen LogP contribution in [0, 0.1) is 5.92 Å². The number of phenols is 1. The molecule has 7 N–H and O–H groups in total. The van der Waals surface area contributed by atoms with E-state index < -0.39 is 23.8 Å². The molecule has 0 unspecified atom stereocenters. The number of hydrogen-bond acceptors (Lipinski definition) is 9. The Morgan fingerprint density at radius 2 is 1.90 bits per heavy atom. The second-order valence-electron chi connectivity index (χ2n) is 9.59. The average Bonchev–Trinajstić information content (AvgIpc) is 2.92. The Morgan fingerprint density at radius 1 is 1.10 bits per heavy atom. The first kappa shape index (κ1) is 27.2. The van der Waals surface area contributed by atoms with E-state index in [0.717, 1.165) is 10.5 Å². The highest BCUT2D eigenvalue weighted by molar-refractivity contribution is 6.00. The minimum atomic E-state index is -1.11. The van der Waals surface area contributed by atoms with Crippen LogP contribution in [-0.2, 0) is 17.6 Å². The summed E-state index contributed by atoms with van der Waals surface area (Å²) in [6.45, 7) is 0.970. The number of fused-ring (bicyclic) bond motifs is 1. The van der Waals surface area contributed by atoms with Crippen LogP contribution in [-0.4, -0.2) is 75.1 Å². The van der Waals surface area contributed by atoms with Crippen LogP contribution in [0.3, 0.4) is 0 Å². The first-order chi connectivity index (χ1) is 19.8. The Balaban J connectivity index is 1.29. The second-order valence-corrected chi connectivity index (χ2v) is 9.59. The summed E-state index contributed by atoms with van der Waals surface area (Å²) in [5, 5.41) is 28.0. The molecule has 0 aliphatic carbocycles. The number of amides is 4. The summed E-state index contributed by atoms with van der Waals surface area (Å²) in [7, 11) is 0. The SMILES string of the molecule is O=C1NCCc2cc(Nc3ncc(C(=O)NNC(=O)C4CN(C(=O)O)C4)c(NCCc4ccccc4O)n3)ccc21. The lowest BCUT2D eigenvalue weighted by atomic mass is 10.00. The van der Waals surface area contributed by atoms with Gasteiger partial charge in [-0.15, -0.1) is 0 Å². The number of aromatic nitrogens is 2. The van der Waals surface area contributed by atoms with Crippen molar-refractivity contribution >= 4 is 41.3 Å². The van der Waals surface area contributed by atoms with Gasteiger partial charge in [-0.25, -0.2) is 9.78 Å². The van der Waals surface area contributed by atoms with Crippen LogP contribution < -0.4 is 26.8 Å². The highest BCUT2D eigenvalue weighted by Gasteiger charge is 2.35. The van der Waals surface area contributed by atoms with E-state index >= 15 is 0 Å². The highest BCUT2D eigenvalue weighted by atomic mass is 16.4. The lowest BCUT2D eigenvalue weighted by molar-refractivity contribution is -0.130. The number of carbonyl (C=O) groups is 4. The van der Waals surface area contributed by atoms with E-state index in [-0.39, 0.29) is 42.1 Å². The zero-order valence-electron chi connectivity index (χ0n) is 21.8. The van der Waals surface area contributed by atoms with Crippen LogP contribution >= 0.6 is 0 Å². The van der Waals surface area contributed by atoms with Gasteiger partial charge < -0.3 is 31.1 Å². The van der Waals surface area contributed by atoms with Gasteiger partial charge in [0.1, 0.15) is 17.1 Å². The number of anilines is 3. The third kappa shape index (κ3) is 6.27. The van der Waals surface area contributed by atoms with Crippen LogP contribution in [0.1, 0.15) is 31.8 Å². The monoisotopic (exact) mass is 560 g/mol. The highest BCUT2D eigenvalue weighted by Crippen LogP contribution is 2.23. The molecule has 2 aliphatic heterocycles. The summed E-state index contributed by atoms with van der Waals surface area (Å²) in [5.74, 6) is -1.34. The van der Waals surface area contributed by atoms with Gasteiger partial charge in [-0.05, 0) is 48.2 Å². The van der Waals surface area contributed by atoms with Crippen LogP contribution in [0.2, 0.25) is 0 Å². The minimum absolute atomic E-state index is 0.0486. The lowest BCUT2D eigenvalue weighted by Crippen LogP contribution is -2.57. The van der Waals surface area contributed by atoms with E-state index in [1.807, 2.05) is 12.1 Å². The van der Waals surface area contributed by atoms with E-state index in [0.29, 0.717) is 42.7 Å². The van der Waals surface area contributed by atoms with Crippen molar-refractivity contribution in [3.63, 3.8) is 0 Å². The summed E-state index contributed by atoms with van der Waals surface area (Å²) >= 11 is 0. The van der Waals surface area contributed by atoms with Crippen LogP contribution in [0.15, 0.2) is 48.7 Å². The van der Waals surface area contributed by atoms with Gasteiger partial charge >= 0.3 is 6.09 Å². The van der Waals surface area contributed by atoms with Crippen LogP contribution in [0.5, 0.6) is 5.75 Å². The quantitative estimate of drug-likeness (QED) is 0.197. The molecule has 1 aromatic heterocycles. The number of nitrogens with one attached hydrogen (secondary N) is 5. The molecule has 0 saturated carbocycles. The number of phenolic OH excluding ortho intramolecular Hbond substituents is 1. The van der Waals surface area contributed by atoms with Crippen molar-refractivity contribution in [2.24, 2.45) is 5.92 Å². The molecule has 0 radical (unpaired) electrons. The van der Waals surface area contributed by atoms with Crippen LogP contribution in [0.4, 0.5) is 22.2 Å². The van der Waals surface area contributed by atoms with Crippen molar-refractivity contribution in [3.8, 4) is 5.75 Å². The normalized spacial score (nSPS) is 14.2. The second kappa shape index (κ2) is 11.8. The summed E-state index contributed by atoms with van der Waals surface area (Å²) in [6.07, 6.45) is 1.33. The molecule has 41 heavy (non-hydrogen) atoms. The summed E-state index contributed by atoms with van der Waals surface area (Å²) in [4.78, 5) is 58.1. The van der Waals surface area contributed by atoms with Crippen molar-refractivity contribution in [2.75, 3.05) is 36.8 Å². The minimum Gasteiger partial charge on any atom is -0.508 e. The van der Waals surface area contributed by atoms with E-state index in [1.165, 1.54) is 6.20 Å². The van der Waals surface area contributed by atoms with Crippen molar-refractivity contribution in [1.29, 1.82) is 0 Å². The molecular weight excluding hydrogens is 532 g/mol. The van der Waals surface area contributed by atoms with Gasteiger partial charge in [0.2, 0.25) is 11.9 Å². The first-order valence-corrected chi connectivity index (χ1v) is 12.9. The average molecular weight is 561 g/mol. The smallest absolute Gasteiger partial charge is 0.407 e. The van der Waals surface area contributed by atoms with Crippen molar-refractivity contribution < 1.29 is 29.4 Å². The molecule has 14 nitrogen and oxygen atoms in total. The van der Waals surface area contributed by atoms with Crippen molar-refractivity contribution in [3.05, 3.63) is 70.9 Å². The maximum absolute atomic E-state index is 13.0. The maximum Gasteiger partial charge on any atom is 0.407 e. The molecule has 3 aromatic rings. The molecule has 3 heterocycles. The Kier molecular flexibility index (Phi) is 7.80. The molecule has 0 bridgehead atoms. The number of carboxylic acid groups (broad SMARTS) is 1. The fourth-order valence-corrected chi connectivity index (χ4v) is 4.50. The van der Waals surface area contributed by atoms with Gasteiger partial charge in [0.05, 0.1) is 5.92 Å². The Morgan fingerprint density at radius 3 is 2.68 bits per heavy atom. The number of hydrogen-bond donors (Lipinski definition) is 7. The molecule has 1 saturated heterocycles. The van der Waals surface area contributed by atoms with E-state index in [1.54, 1.807) is 30.3 Å². The molecular formula is C27H28N8O6. The maximum atomic E-state index is 13.0. The van der Waals surface area contributed by atoms with Gasteiger partial charge in [0.15, 0.2) is 0 Å². The molecule has 1 fully saturated rings. The van der Waals surface area contributed by atoms with Gasteiger partial charge in [-0.1, -0.05) is 18.2 Å². The molecule has 0 spiro atoms. The number of hydrazine groups is 1. The number of rotatable bonds is 8. The zero-order valence-corrected chi connectivity index (χ0v) is 21.8. The standard InChI is InChI=1S/C27H28N8O6/c36-21-4-2-1-3-15(21)7-9-28-22-20(25(39)34-33-23(37)17-13-35(14-17)27(40)41)12-30-26(32-22)31-18-5-6-19-16(11-18)8-10-29-24(19)38/h1-6,11-12,17,36H,7-10,13-14H2,(H,29,38)(H,33,37)(H,34,39)(H,40,41)(H2,28,30,31,32). The topological polar surface area (TPSA) is 198 Å². The van der Waals surface area contributed by atoms with E-state index in [9.17, 15) is 24.3 Å². The lowest BCUT2D eigenvalue weighted by Gasteiger charge is -2.35. The Bertz CT molecular complexity index is 1510. The predicted molar refractivity (Wildman–Crippen MR) is 147 cm³/mol. The van der Waals surface area contributed by atoms with Crippen LogP contribution in [0.25, 0.3) is 0 Å². The molecule has 2 aromatic carbocycles. The van der Waals surface area contributed by atoms with Crippen molar-refractivity contribution in [2.45, 2.75) is 12.8 Å². The fraction of sp³-hybridized carbons (Fsp3) is 0.259. The van der Waals surface area contributed by atoms with Gasteiger partial charge in [-0.2, -0.15) is 4.98 Å². The number of carbonyl (C=O) groups excluding carboxylic acids is 3. The third-order valence-corrected chi connectivity index (χ3v) is 6.82. The molecule has 14 heteroatoms. The molecule has 4 amide bonds. The molecule has 2 aliphatic rings. The Labute approximate surface area is 234 Å². The fourth-order valence-electron chi connectivity index (χ4n) is 4.50. The number of benzene rings is 2. The molecule has 212 valence electrons. The molecule has 5 rings (SSSR count). The summed E-state index contributed by atoms with van der Waals surface area (Å²) < 4.78 is 0. The summed E-state index contributed by atoms with van der Waals surface area (Å²) in [5.41, 5.74) is 7.59. The zero-order chi connectivity index (χ0) is 28.9. The molecule has 0 atom stereocenters. The van der Waals surface area contributed by atoms with Crippen molar-refractivity contribution in [1.82, 2.24) is 31.0 Å². The number of aromatic hydroxyl groups is 1. The first-order valence-electron chi connectivity index (χ1n) is 12.9. The number of para-hydroxylation sites is 1. The largest absolute Gasteiger partial charge is 0.508 e. The van der Waals surface area contributed by atoms with E-state index in [2.05, 4.69) is 36.8 Å². The predicted octanol–water partition coefficient (Wildman–Crippen LogP) is 1.24. The Hall–Kier alpha value is -5.40. The summed E-state index contributed by atoms with van der Waals surface area (Å²) in [6, 6.07) is 12.2.